The molecule has 1 amide bonds. The zero-order chi connectivity index (χ0) is 18.8. The summed E-state index contributed by atoms with van der Waals surface area (Å²) >= 11 is 3.01. The number of benzene rings is 2. The molecule has 2 aromatic heterocycles. The highest BCUT2D eigenvalue weighted by Crippen LogP contribution is 2.31. The van der Waals surface area contributed by atoms with Crippen molar-refractivity contribution in [3.8, 4) is 5.75 Å². The van der Waals surface area contributed by atoms with E-state index in [0.29, 0.717) is 6.54 Å². The molecule has 0 bridgehead atoms. The number of amides is 1. The summed E-state index contributed by atoms with van der Waals surface area (Å²) in [5, 5.41) is 11.9. The van der Waals surface area contributed by atoms with Gasteiger partial charge in [0, 0.05) is 6.54 Å². The summed E-state index contributed by atoms with van der Waals surface area (Å²) in [6.45, 7) is 2.36. The molecular formula is C19H18N4O2S2. The van der Waals surface area contributed by atoms with Gasteiger partial charge in [-0.1, -0.05) is 47.4 Å². The summed E-state index contributed by atoms with van der Waals surface area (Å²) in [6, 6.07) is 15.8. The molecule has 1 unspecified atom stereocenters. The second-order valence-corrected chi connectivity index (χ2v) is 8.31. The van der Waals surface area contributed by atoms with Crippen LogP contribution in [0.4, 0.5) is 0 Å². The first kappa shape index (κ1) is 17.8. The Hall–Kier alpha value is -2.58. The summed E-state index contributed by atoms with van der Waals surface area (Å²) in [7, 11) is 1.63. The van der Waals surface area contributed by atoms with Crippen molar-refractivity contribution in [1.82, 2.24) is 19.9 Å². The fraction of sp³-hybridized carbons (Fsp3) is 0.211. The third kappa shape index (κ3) is 3.63. The van der Waals surface area contributed by atoms with Crippen LogP contribution in [-0.4, -0.2) is 32.9 Å². The van der Waals surface area contributed by atoms with Crippen LogP contribution in [0, 0.1) is 0 Å². The zero-order valence-electron chi connectivity index (χ0n) is 14.9. The van der Waals surface area contributed by atoms with Gasteiger partial charge in [-0.3, -0.25) is 9.20 Å². The number of thioether (sulfide) groups is 1. The van der Waals surface area contributed by atoms with Gasteiger partial charge in [0.2, 0.25) is 10.9 Å². The van der Waals surface area contributed by atoms with E-state index >= 15 is 0 Å². The smallest absolute Gasteiger partial charge is 0.233 e. The Morgan fingerprint density at radius 1 is 1.22 bits per heavy atom. The van der Waals surface area contributed by atoms with Crippen molar-refractivity contribution in [3.63, 3.8) is 0 Å². The molecule has 4 aromatic rings. The highest BCUT2D eigenvalue weighted by molar-refractivity contribution is 8.00. The van der Waals surface area contributed by atoms with E-state index in [1.165, 1.54) is 11.8 Å². The molecule has 138 valence electrons. The van der Waals surface area contributed by atoms with Crippen molar-refractivity contribution in [2.45, 2.75) is 23.9 Å². The molecule has 0 aliphatic rings. The fourth-order valence-electron chi connectivity index (χ4n) is 2.72. The molecule has 2 heterocycles. The van der Waals surface area contributed by atoms with Gasteiger partial charge in [0.1, 0.15) is 5.75 Å². The number of thiazole rings is 1. The van der Waals surface area contributed by atoms with Crippen LogP contribution in [0.25, 0.3) is 15.2 Å². The van der Waals surface area contributed by atoms with Crippen LogP contribution in [0.3, 0.4) is 0 Å². The van der Waals surface area contributed by atoms with E-state index in [-0.39, 0.29) is 11.2 Å². The molecule has 6 nitrogen and oxygen atoms in total. The quantitative estimate of drug-likeness (QED) is 0.501. The van der Waals surface area contributed by atoms with Gasteiger partial charge >= 0.3 is 0 Å². The molecular weight excluding hydrogens is 380 g/mol. The topological polar surface area (TPSA) is 68.5 Å². The van der Waals surface area contributed by atoms with Crippen LogP contribution in [0.5, 0.6) is 5.75 Å². The number of para-hydroxylation sites is 1. The molecule has 0 spiro atoms. The number of fused-ring (bicyclic) bond motifs is 3. The lowest BCUT2D eigenvalue weighted by molar-refractivity contribution is -0.120. The van der Waals surface area contributed by atoms with Crippen molar-refractivity contribution < 1.29 is 9.53 Å². The van der Waals surface area contributed by atoms with Gasteiger partial charge < -0.3 is 10.1 Å². The number of carbonyl (C=O) groups is 1. The lowest BCUT2D eigenvalue weighted by atomic mass is 10.2. The van der Waals surface area contributed by atoms with E-state index in [2.05, 4.69) is 21.6 Å². The van der Waals surface area contributed by atoms with Crippen molar-refractivity contribution in [1.29, 1.82) is 0 Å². The Morgan fingerprint density at radius 2 is 2.00 bits per heavy atom. The maximum Gasteiger partial charge on any atom is 0.233 e. The maximum atomic E-state index is 12.5. The minimum absolute atomic E-state index is 0.0351. The molecule has 0 saturated heterocycles. The average Bonchev–Trinajstić information content (AvgIpc) is 3.26. The van der Waals surface area contributed by atoms with E-state index in [4.69, 9.17) is 4.74 Å². The number of hydrogen-bond donors (Lipinski definition) is 1. The second-order valence-electron chi connectivity index (χ2n) is 6.00. The summed E-state index contributed by atoms with van der Waals surface area (Å²) in [5.41, 5.74) is 2.09. The van der Waals surface area contributed by atoms with Crippen LogP contribution in [-0.2, 0) is 11.3 Å². The minimum atomic E-state index is -0.283. The van der Waals surface area contributed by atoms with Crippen molar-refractivity contribution in [3.05, 3.63) is 54.1 Å². The van der Waals surface area contributed by atoms with Gasteiger partial charge in [-0.2, -0.15) is 0 Å². The van der Waals surface area contributed by atoms with Crippen LogP contribution in [0.15, 0.2) is 53.7 Å². The SMILES string of the molecule is COc1ccc(CNC(=O)C(C)Sc2nnc3sc4ccccc4n23)cc1. The number of methoxy groups -OCH3 is 1. The van der Waals surface area contributed by atoms with Crippen molar-refractivity contribution in [2.24, 2.45) is 0 Å². The Bertz CT molecular complexity index is 1090. The molecule has 0 saturated carbocycles. The lowest BCUT2D eigenvalue weighted by Gasteiger charge is -2.11. The molecule has 0 aliphatic heterocycles. The van der Waals surface area contributed by atoms with E-state index < -0.39 is 0 Å². The fourth-order valence-corrected chi connectivity index (χ4v) is 4.63. The molecule has 0 radical (unpaired) electrons. The highest BCUT2D eigenvalue weighted by Gasteiger charge is 2.19. The van der Waals surface area contributed by atoms with Gasteiger partial charge in [-0.25, -0.2) is 0 Å². The molecule has 1 atom stereocenters. The van der Waals surface area contributed by atoms with E-state index in [9.17, 15) is 4.79 Å². The average molecular weight is 399 g/mol. The predicted molar refractivity (Wildman–Crippen MR) is 109 cm³/mol. The first-order valence-electron chi connectivity index (χ1n) is 8.45. The summed E-state index contributed by atoms with van der Waals surface area (Å²) < 4.78 is 8.31. The third-order valence-electron chi connectivity index (χ3n) is 4.19. The monoisotopic (exact) mass is 398 g/mol. The number of nitrogens with zero attached hydrogens (tertiary/aromatic N) is 3. The molecule has 8 heteroatoms. The van der Waals surface area contributed by atoms with Crippen molar-refractivity contribution in [2.75, 3.05) is 7.11 Å². The molecule has 0 fully saturated rings. The second kappa shape index (κ2) is 7.58. The van der Waals surface area contributed by atoms with Crippen LogP contribution in [0.2, 0.25) is 0 Å². The first-order chi connectivity index (χ1) is 13.2. The van der Waals surface area contributed by atoms with E-state index in [1.807, 2.05) is 53.8 Å². The van der Waals surface area contributed by atoms with Crippen LogP contribution < -0.4 is 10.1 Å². The summed E-state index contributed by atoms with van der Waals surface area (Å²) in [5.74, 6) is 0.764. The number of rotatable bonds is 6. The number of ether oxygens (including phenoxy) is 1. The molecule has 1 N–H and O–H groups in total. The number of aromatic nitrogens is 3. The Labute approximate surface area is 164 Å². The van der Waals surface area contributed by atoms with E-state index in [1.54, 1.807) is 18.4 Å². The molecule has 27 heavy (non-hydrogen) atoms. The Kier molecular flexibility index (Phi) is 5.00. The normalized spacial score (nSPS) is 12.4. The van der Waals surface area contributed by atoms with Crippen LogP contribution >= 0.6 is 23.1 Å². The molecule has 2 aromatic carbocycles. The van der Waals surface area contributed by atoms with Gasteiger partial charge in [-0.05, 0) is 36.8 Å². The van der Waals surface area contributed by atoms with Crippen molar-refractivity contribution >= 4 is 44.2 Å². The summed E-state index contributed by atoms with van der Waals surface area (Å²) in [4.78, 5) is 13.3. The first-order valence-corrected chi connectivity index (χ1v) is 10.2. The van der Waals surface area contributed by atoms with Gasteiger partial charge in [0.15, 0.2) is 5.16 Å². The standard InChI is InChI=1S/C19H18N4O2S2/c1-12(17(24)20-11-13-7-9-14(25-2)10-8-13)26-18-21-22-19-23(18)15-5-3-4-6-16(15)27-19/h3-10,12H,11H2,1-2H3,(H,20,24). The van der Waals surface area contributed by atoms with Gasteiger partial charge in [0.05, 0.1) is 22.6 Å². The Morgan fingerprint density at radius 3 is 2.78 bits per heavy atom. The largest absolute Gasteiger partial charge is 0.497 e. The summed E-state index contributed by atoms with van der Waals surface area (Å²) in [6.07, 6.45) is 0. The number of carbonyl (C=O) groups excluding carboxylic acids is 1. The number of hydrogen-bond acceptors (Lipinski definition) is 6. The molecule has 4 rings (SSSR count). The maximum absolute atomic E-state index is 12.5. The van der Waals surface area contributed by atoms with E-state index in [0.717, 1.165) is 31.6 Å². The van der Waals surface area contributed by atoms with Gasteiger partial charge in [0.25, 0.3) is 0 Å². The highest BCUT2D eigenvalue weighted by atomic mass is 32.2. The zero-order valence-corrected chi connectivity index (χ0v) is 16.5. The van der Waals surface area contributed by atoms with Gasteiger partial charge in [-0.15, -0.1) is 10.2 Å². The minimum Gasteiger partial charge on any atom is -0.497 e. The number of nitrogens with one attached hydrogen (secondary N) is 1. The van der Waals surface area contributed by atoms with Crippen LogP contribution in [0.1, 0.15) is 12.5 Å². The third-order valence-corrected chi connectivity index (χ3v) is 6.24. The lowest BCUT2D eigenvalue weighted by Crippen LogP contribution is -2.30. The predicted octanol–water partition coefficient (Wildman–Crippen LogP) is 3.75. The molecule has 0 aliphatic carbocycles. The Balaban J connectivity index is 1.44.